The molecular weight excluding hydrogens is 286 g/mol. The average Bonchev–Trinajstić information content (AvgIpc) is 2.60. The quantitative estimate of drug-likeness (QED) is 0.633. The number of nitrogens with zero attached hydrogens (tertiary/aromatic N) is 1. The number of anilines is 1. The minimum atomic E-state index is -4.19. The summed E-state index contributed by atoms with van der Waals surface area (Å²) in [5.74, 6) is -0.364. The minimum Gasteiger partial charge on any atom is -0.748 e. The maximum atomic E-state index is 10.8. The highest BCUT2D eigenvalue weighted by molar-refractivity contribution is 7.85. The third kappa shape index (κ3) is 3.12. The summed E-state index contributed by atoms with van der Waals surface area (Å²) < 4.78 is 32.3. The van der Waals surface area contributed by atoms with Crippen LogP contribution in [0.4, 0.5) is 5.69 Å². The molecule has 0 radical (unpaired) electrons. The van der Waals surface area contributed by atoms with Crippen LogP contribution in [-0.4, -0.2) is 25.3 Å². The van der Waals surface area contributed by atoms with Crippen LogP contribution in [0.25, 0.3) is 0 Å². The molecule has 0 amide bonds. The largest absolute Gasteiger partial charge is 0.748 e. The summed E-state index contributed by atoms with van der Waals surface area (Å²) in [4.78, 5) is 2.00. The van der Waals surface area contributed by atoms with E-state index in [0.29, 0.717) is 6.54 Å². The van der Waals surface area contributed by atoms with Crippen LogP contribution in [0, 0.1) is 0 Å². The highest BCUT2D eigenvalue weighted by atomic mass is 32.2. The van der Waals surface area contributed by atoms with Crippen LogP contribution in [0.3, 0.4) is 0 Å². The molecule has 1 aromatic rings. The summed E-state index contributed by atoms with van der Waals surface area (Å²) >= 11 is 0. The first-order valence-corrected chi connectivity index (χ1v) is 8.31. The number of benzene rings is 1. The maximum absolute atomic E-state index is 10.8. The van der Waals surface area contributed by atoms with Crippen LogP contribution in [0.15, 0.2) is 48.0 Å². The fourth-order valence-electron chi connectivity index (χ4n) is 2.76. The van der Waals surface area contributed by atoms with Crippen molar-refractivity contribution in [2.75, 3.05) is 17.2 Å². The van der Waals surface area contributed by atoms with Crippen molar-refractivity contribution in [1.29, 1.82) is 0 Å². The number of rotatable bonds is 4. The van der Waals surface area contributed by atoms with Gasteiger partial charge >= 0.3 is 0 Å². The molecule has 1 heterocycles. The second-order valence-electron chi connectivity index (χ2n) is 5.56. The van der Waals surface area contributed by atoms with Crippen molar-refractivity contribution in [2.45, 2.75) is 25.7 Å². The van der Waals surface area contributed by atoms with Gasteiger partial charge in [-0.15, -0.1) is 0 Å². The predicted octanol–water partition coefficient (Wildman–Crippen LogP) is 2.54. The molecule has 2 rings (SSSR count). The fraction of sp³-hybridized carbons (Fsp3) is 0.375. The van der Waals surface area contributed by atoms with Gasteiger partial charge in [0.1, 0.15) is 0 Å². The van der Waals surface area contributed by atoms with Gasteiger partial charge in [0.15, 0.2) is 0 Å². The Labute approximate surface area is 125 Å². The standard InChI is InChI=1S/C16H19NO3S/c1-4-8-15-16(2,3)13-9-5-6-10-14(13)17(15)11-7-12-21(18,19)20/h5-6,9-10H,1,7,11-12H2,2-3H3,(H,18,19,20)/p-1. The zero-order chi connectivity index (χ0) is 15.7. The molecule has 4 nitrogen and oxygen atoms in total. The van der Waals surface area contributed by atoms with E-state index in [0.717, 1.165) is 16.9 Å². The normalized spacial score (nSPS) is 16.3. The third-order valence-corrected chi connectivity index (χ3v) is 4.50. The van der Waals surface area contributed by atoms with Crippen molar-refractivity contribution in [3.8, 4) is 0 Å². The van der Waals surface area contributed by atoms with E-state index in [1.807, 2.05) is 29.2 Å². The number of fused-ring (bicyclic) bond motifs is 1. The van der Waals surface area contributed by atoms with Gasteiger partial charge < -0.3 is 9.45 Å². The summed E-state index contributed by atoms with van der Waals surface area (Å²) in [7, 11) is -4.19. The van der Waals surface area contributed by atoms with E-state index in [2.05, 4.69) is 31.9 Å². The van der Waals surface area contributed by atoms with Crippen molar-refractivity contribution in [3.63, 3.8) is 0 Å². The van der Waals surface area contributed by atoms with Crippen molar-refractivity contribution in [3.05, 3.63) is 53.6 Å². The van der Waals surface area contributed by atoms with E-state index in [1.165, 1.54) is 0 Å². The van der Waals surface area contributed by atoms with Crippen LogP contribution in [0.1, 0.15) is 25.8 Å². The van der Waals surface area contributed by atoms with Crippen molar-refractivity contribution < 1.29 is 13.0 Å². The summed E-state index contributed by atoms with van der Waals surface area (Å²) in [6, 6.07) is 7.94. The molecule has 0 bridgehead atoms. The van der Waals surface area contributed by atoms with Crippen LogP contribution in [-0.2, 0) is 15.5 Å². The Morgan fingerprint density at radius 2 is 2.00 bits per heavy atom. The molecule has 0 saturated carbocycles. The number of para-hydroxylation sites is 1. The van der Waals surface area contributed by atoms with Crippen molar-refractivity contribution >= 4 is 15.8 Å². The van der Waals surface area contributed by atoms with Crippen LogP contribution < -0.4 is 4.90 Å². The molecule has 0 N–H and O–H groups in total. The highest BCUT2D eigenvalue weighted by Crippen LogP contribution is 2.46. The second kappa shape index (κ2) is 5.55. The summed E-state index contributed by atoms with van der Waals surface area (Å²) in [5.41, 5.74) is 8.51. The molecule has 1 aliphatic heterocycles. The van der Waals surface area contributed by atoms with Gasteiger partial charge in [-0.2, -0.15) is 0 Å². The lowest BCUT2D eigenvalue weighted by Gasteiger charge is -2.25. The van der Waals surface area contributed by atoms with Crippen LogP contribution in [0.2, 0.25) is 0 Å². The van der Waals surface area contributed by atoms with Gasteiger partial charge in [-0.25, -0.2) is 8.42 Å². The molecule has 112 valence electrons. The van der Waals surface area contributed by atoms with E-state index < -0.39 is 10.1 Å². The molecule has 21 heavy (non-hydrogen) atoms. The first kappa shape index (κ1) is 15.6. The Hall–Kier alpha value is -1.77. The minimum absolute atomic E-state index is 0.252. The first-order valence-electron chi connectivity index (χ1n) is 6.73. The lowest BCUT2D eigenvalue weighted by Crippen LogP contribution is -2.27. The molecular formula is C16H18NO3S-. The third-order valence-electron chi connectivity index (χ3n) is 3.71. The number of hydrogen-bond acceptors (Lipinski definition) is 4. The van der Waals surface area contributed by atoms with Crippen molar-refractivity contribution in [2.24, 2.45) is 0 Å². The van der Waals surface area contributed by atoms with Crippen molar-refractivity contribution in [1.82, 2.24) is 0 Å². The highest BCUT2D eigenvalue weighted by Gasteiger charge is 2.39. The molecule has 0 fully saturated rings. The average molecular weight is 304 g/mol. The molecule has 0 aromatic heterocycles. The van der Waals surface area contributed by atoms with Gasteiger partial charge in [0.25, 0.3) is 0 Å². The lowest BCUT2D eigenvalue weighted by atomic mass is 9.84. The molecule has 0 spiro atoms. The van der Waals surface area contributed by atoms with Crippen LogP contribution in [0.5, 0.6) is 0 Å². The van der Waals surface area contributed by atoms with Gasteiger partial charge in [0.2, 0.25) is 0 Å². The molecule has 1 aliphatic rings. The molecule has 0 aliphatic carbocycles. The topological polar surface area (TPSA) is 60.4 Å². The van der Waals surface area contributed by atoms with Gasteiger partial charge in [0, 0.05) is 23.4 Å². The summed E-state index contributed by atoms with van der Waals surface area (Å²) in [6.45, 7) is 8.19. The monoisotopic (exact) mass is 304 g/mol. The summed E-state index contributed by atoms with van der Waals surface area (Å²) in [6.07, 6.45) is 0.276. The van der Waals surface area contributed by atoms with Gasteiger partial charge in [-0.1, -0.05) is 23.9 Å². The van der Waals surface area contributed by atoms with E-state index in [9.17, 15) is 13.0 Å². The Morgan fingerprint density at radius 3 is 2.62 bits per heavy atom. The Bertz CT molecular complexity index is 737. The second-order valence-corrected chi connectivity index (χ2v) is 7.08. The smallest absolute Gasteiger partial charge is 0.0946 e. The molecule has 5 heteroatoms. The van der Waals surface area contributed by atoms with Gasteiger partial charge in [0.05, 0.1) is 15.8 Å². The molecule has 0 saturated heterocycles. The molecule has 1 aromatic carbocycles. The summed E-state index contributed by atoms with van der Waals surface area (Å²) in [5, 5.41) is 0. The Kier molecular flexibility index (Phi) is 4.13. The van der Waals surface area contributed by atoms with Crippen LogP contribution >= 0.6 is 0 Å². The van der Waals surface area contributed by atoms with Gasteiger partial charge in [-0.05, 0) is 44.2 Å². The van der Waals surface area contributed by atoms with E-state index in [4.69, 9.17) is 0 Å². The van der Waals surface area contributed by atoms with E-state index in [1.54, 1.807) is 0 Å². The number of allylic oxidation sites excluding steroid dienone is 1. The zero-order valence-corrected chi connectivity index (χ0v) is 13.0. The fourth-order valence-corrected chi connectivity index (χ4v) is 3.24. The lowest BCUT2D eigenvalue weighted by molar-refractivity contribution is 0.461. The number of hydrogen-bond donors (Lipinski definition) is 0. The van der Waals surface area contributed by atoms with E-state index >= 15 is 0 Å². The van der Waals surface area contributed by atoms with E-state index in [-0.39, 0.29) is 17.6 Å². The molecule has 0 unspecified atom stereocenters. The Balaban J connectivity index is 2.39. The van der Waals surface area contributed by atoms with Gasteiger partial charge in [-0.3, -0.25) is 0 Å². The zero-order valence-electron chi connectivity index (χ0n) is 12.2. The SMILES string of the molecule is C=C=C=C1N(CCCS(=O)(=O)[O-])c2ccccc2C1(C)C. The first-order chi connectivity index (χ1) is 9.77. The Morgan fingerprint density at radius 1 is 1.33 bits per heavy atom. The maximum Gasteiger partial charge on any atom is 0.0946 e. The predicted molar refractivity (Wildman–Crippen MR) is 82.2 cm³/mol. The molecule has 0 atom stereocenters.